The van der Waals surface area contributed by atoms with E-state index < -0.39 is 6.10 Å². The maximum atomic E-state index is 9.59. The first-order valence-corrected chi connectivity index (χ1v) is 5.16. The summed E-state index contributed by atoms with van der Waals surface area (Å²) in [6.07, 6.45) is 1.28. The number of hydrogen-bond donors (Lipinski definition) is 3. The molecule has 0 aliphatic rings. The molecule has 0 aliphatic carbocycles. The van der Waals surface area contributed by atoms with Gasteiger partial charge in [0.15, 0.2) is 0 Å². The number of fused-ring (bicyclic) bond motifs is 1. The fourth-order valence-electron chi connectivity index (χ4n) is 1.48. The Hall–Kier alpha value is -0.840. The average molecular weight is 255 g/mol. The summed E-state index contributed by atoms with van der Waals surface area (Å²) < 4.78 is 0.947. The van der Waals surface area contributed by atoms with Crippen LogP contribution in [0.25, 0.3) is 10.9 Å². The van der Waals surface area contributed by atoms with Crippen LogP contribution in [0.3, 0.4) is 0 Å². The minimum atomic E-state index is -0.592. The molecule has 74 valence electrons. The van der Waals surface area contributed by atoms with E-state index in [2.05, 4.69) is 20.9 Å². The van der Waals surface area contributed by atoms with Crippen LogP contribution in [0.2, 0.25) is 0 Å². The molecule has 4 heteroatoms. The highest BCUT2D eigenvalue weighted by Crippen LogP contribution is 2.27. The third kappa shape index (κ3) is 1.56. The Morgan fingerprint density at radius 1 is 1.50 bits per heavy atom. The molecule has 0 bridgehead atoms. The first kappa shape index (κ1) is 9.71. The quantitative estimate of drug-likeness (QED) is 0.767. The molecule has 0 spiro atoms. The normalized spacial score (nSPS) is 13.4. The second-order valence-electron chi connectivity index (χ2n) is 3.20. The number of halogens is 1. The molecule has 0 radical (unpaired) electrons. The Balaban J connectivity index is 2.58. The summed E-state index contributed by atoms with van der Waals surface area (Å²) in [4.78, 5) is 3.11. The molecule has 14 heavy (non-hydrogen) atoms. The van der Waals surface area contributed by atoms with Crippen LogP contribution in [0.5, 0.6) is 0 Å². The van der Waals surface area contributed by atoms with E-state index in [1.165, 1.54) is 0 Å². The van der Waals surface area contributed by atoms with Crippen LogP contribution < -0.4 is 5.73 Å². The monoisotopic (exact) mass is 254 g/mol. The molecule has 1 unspecified atom stereocenters. The van der Waals surface area contributed by atoms with Gasteiger partial charge in [-0.1, -0.05) is 0 Å². The molecule has 1 atom stereocenters. The van der Waals surface area contributed by atoms with Gasteiger partial charge in [0, 0.05) is 22.6 Å². The predicted octanol–water partition coefficient (Wildman–Crippen LogP) is 1.92. The fraction of sp³-hybridized carbons (Fsp3) is 0.200. The smallest absolute Gasteiger partial charge is 0.0912 e. The van der Waals surface area contributed by atoms with E-state index in [1.54, 1.807) is 0 Å². The molecule has 3 nitrogen and oxygen atoms in total. The van der Waals surface area contributed by atoms with Crippen LogP contribution in [0.15, 0.2) is 28.9 Å². The van der Waals surface area contributed by atoms with Crippen LogP contribution in [0, 0.1) is 0 Å². The third-order valence-electron chi connectivity index (χ3n) is 2.24. The summed E-state index contributed by atoms with van der Waals surface area (Å²) in [5.74, 6) is 0. The predicted molar refractivity (Wildman–Crippen MR) is 60.0 cm³/mol. The molecule has 1 aromatic heterocycles. The number of aliphatic hydroxyl groups is 1. The van der Waals surface area contributed by atoms with Crippen molar-refractivity contribution in [2.75, 3.05) is 6.54 Å². The lowest BCUT2D eigenvalue weighted by atomic mass is 10.1. The molecular formula is C10H11BrN2O. The van der Waals surface area contributed by atoms with Crippen molar-refractivity contribution < 1.29 is 5.11 Å². The second kappa shape index (κ2) is 3.73. The maximum absolute atomic E-state index is 9.59. The Morgan fingerprint density at radius 2 is 2.29 bits per heavy atom. The van der Waals surface area contributed by atoms with Gasteiger partial charge >= 0.3 is 0 Å². The zero-order valence-electron chi connectivity index (χ0n) is 7.50. The van der Waals surface area contributed by atoms with Crippen molar-refractivity contribution >= 4 is 26.8 Å². The molecule has 0 saturated carbocycles. The Bertz CT molecular complexity index is 452. The average Bonchev–Trinajstić information content (AvgIpc) is 2.64. The number of aromatic nitrogens is 1. The molecular weight excluding hydrogens is 244 g/mol. The number of hydrogen-bond acceptors (Lipinski definition) is 2. The number of aliphatic hydroxyl groups excluding tert-OH is 1. The lowest BCUT2D eigenvalue weighted by Gasteiger charge is -2.08. The number of benzene rings is 1. The van der Waals surface area contributed by atoms with Gasteiger partial charge in [0.2, 0.25) is 0 Å². The number of nitrogens with one attached hydrogen (secondary N) is 1. The fourth-order valence-corrected chi connectivity index (χ4v) is 2.08. The summed E-state index contributed by atoms with van der Waals surface area (Å²) in [6.45, 7) is 0.238. The van der Waals surface area contributed by atoms with E-state index in [9.17, 15) is 5.11 Å². The van der Waals surface area contributed by atoms with Crippen molar-refractivity contribution in [3.63, 3.8) is 0 Å². The Kier molecular flexibility index (Phi) is 2.58. The van der Waals surface area contributed by atoms with Gasteiger partial charge in [0.25, 0.3) is 0 Å². The summed E-state index contributed by atoms with van der Waals surface area (Å²) in [5.41, 5.74) is 7.28. The lowest BCUT2D eigenvalue weighted by Crippen LogP contribution is -2.11. The minimum absolute atomic E-state index is 0.238. The number of rotatable bonds is 2. The highest BCUT2D eigenvalue weighted by molar-refractivity contribution is 9.10. The Labute approximate surface area is 90.1 Å². The maximum Gasteiger partial charge on any atom is 0.0912 e. The van der Waals surface area contributed by atoms with Crippen LogP contribution >= 0.6 is 15.9 Å². The van der Waals surface area contributed by atoms with Gasteiger partial charge in [-0.2, -0.15) is 0 Å². The van der Waals surface area contributed by atoms with E-state index in [-0.39, 0.29) is 6.54 Å². The topological polar surface area (TPSA) is 62.0 Å². The van der Waals surface area contributed by atoms with Crippen molar-refractivity contribution in [3.8, 4) is 0 Å². The Morgan fingerprint density at radius 3 is 3.00 bits per heavy atom. The van der Waals surface area contributed by atoms with Crippen LogP contribution in [-0.4, -0.2) is 16.6 Å². The van der Waals surface area contributed by atoms with E-state index >= 15 is 0 Å². The molecule has 2 aromatic rings. The van der Waals surface area contributed by atoms with Gasteiger partial charge < -0.3 is 15.8 Å². The summed E-state index contributed by atoms with van der Waals surface area (Å²) in [7, 11) is 0. The van der Waals surface area contributed by atoms with Gasteiger partial charge in [-0.25, -0.2) is 0 Å². The van der Waals surface area contributed by atoms with E-state index in [1.807, 2.05) is 24.4 Å². The van der Waals surface area contributed by atoms with Crippen molar-refractivity contribution in [2.24, 2.45) is 5.73 Å². The second-order valence-corrected chi connectivity index (χ2v) is 4.05. The molecule has 0 saturated heterocycles. The summed E-state index contributed by atoms with van der Waals surface area (Å²) in [5, 5.41) is 10.7. The van der Waals surface area contributed by atoms with Crippen LogP contribution in [-0.2, 0) is 0 Å². The summed E-state index contributed by atoms with van der Waals surface area (Å²) >= 11 is 3.44. The van der Waals surface area contributed by atoms with Gasteiger partial charge in [-0.15, -0.1) is 0 Å². The number of nitrogens with two attached hydrogens (primary N) is 1. The molecule has 4 N–H and O–H groups in total. The zero-order valence-corrected chi connectivity index (χ0v) is 9.08. The highest BCUT2D eigenvalue weighted by atomic mass is 79.9. The van der Waals surface area contributed by atoms with E-state index in [0.717, 1.165) is 20.9 Å². The van der Waals surface area contributed by atoms with Crippen molar-refractivity contribution in [3.05, 3.63) is 34.4 Å². The lowest BCUT2D eigenvalue weighted by molar-refractivity contribution is 0.187. The van der Waals surface area contributed by atoms with Crippen molar-refractivity contribution in [1.29, 1.82) is 0 Å². The molecule has 1 heterocycles. The minimum Gasteiger partial charge on any atom is -0.387 e. The highest BCUT2D eigenvalue weighted by Gasteiger charge is 2.08. The molecule has 0 aliphatic heterocycles. The standard InChI is InChI=1S/C10H11BrN2O/c11-8-4-7(9(14)5-12)3-6-1-2-13-10(6)8/h1-4,9,13-14H,5,12H2. The first-order valence-electron chi connectivity index (χ1n) is 4.37. The van der Waals surface area contributed by atoms with E-state index in [0.29, 0.717) is 0 Å². The molecule has 2 rings (SSSR count). The summed E-state index contributed by atoms with van der Waals surface area (Å²) in [6, 6.07) is 5.79. The molecule has 1 aromatic carbocycles. The first-order chi connectivity index (χ1) is 6.72. The van der Waals surface area contributed by atoms with Crippen LogP contribution in [0.1, 0.15) is 11.7 Å². The van der Waals surface area contributed by atoms with Gasteiger partial charge in [-0.05, 0) is 39.7 Å². The van der Waals surface area contributed by atoms with Gasteiger partial charge in [-0.3, -0.25) is 0 Å². The molecule has 0 amide bonds. The van der Waals surface area contributed by atoms with Gasteiger partial charge in [0.05, 0.1) is 11.6 Å². The SMILES string of the molecule is NCC(O)c1cc(Br)c2[nH]ccc2c1. The van der Waals surface area contributed by atoms with Crippen molar-refractivity contribution in [1.82, 2.24) is 4.98 Å². The molecule has 0 fully saturated rings. The zero-order chi connectivity index (χ0) is 10.1. The van der Waals surface area contributed by atoms with Crippen LogP contribution in [0.4, 0.5) is 0 Å². The number of aromatic amines is 1. The van der Waals surface area contributed by atoms with Crippen molar-refractivity contribution in [2.45, 2.75) is 6.10 Å². The number of H-pyrrole nitrogens is 1. The van der Waals surface area contributed by atoms with E-state index in [4.69, 9.17) is 5.73 Å². The third-order valence-corrected chi connectivity index (χ3v) is 2.87. The van der Waals surface area contributed by atoms with Gasteiger partial charge in [0.1, 0.15) is 0 Å². The largest absolute Gasteiger partial charge is 0.387 e.